The summed E-state index contributed by atoms with van der Waals surface area (Å²) < 4.78 is 5.91. The molecule has 0 radical (unpaired) electrons. The van der Waals surface area contributed by atoms with Gasteiger partial charge in [0.2, 0.25) is 5.91 Å². The number of hydrogen-bond donors (Lipinski definition) is 0. The topological polar surface area (TPSA) is 53.3 Å². The number of benzene rings is 2. The minimum absolute atomic E-state index is 0.148. The molecule has 0 aliphatic carbocycles. The summed E-state index contributed by atoms with van der Waals surface area (Å²) in [6, 6.07) is 17.9. The standard InChI is InChI=1S/C23H26N2O2/c1-18-5-4-6-21(13-18)14-23(26)25-12-3-2-7-22(25)17-27-16-20-10-8-19(15-24)9-11-20/h4-6,8-11,13,22H,2-3,7,12,14,16-17H2,1H3. The van der Waals surface area contributed by atoms with E-state index in [1.807, 2.05) is 29.2 Å². The van der Waals surface area contributed by atoms with Crippen LogP contribution in [-0.2, 0) is 22.6 Å². The highest BCUT2D eigenvalue weighted by Gasteiger charge is 2.26. The fourth-order valence-corrected chi connectivity index (χ4v) is 3.59. The van der Waals surface area contributed by atoms with Crippen molar-refractivity contribution in [2.24, 2.45) is 0 Å². The molecule has 1 unspecified atom stereocenters. The maximum Gasteiger partial charge on any atom is 0.227 e. The number of nitrogens with zero attached hydrogens (tertiary/aromatic N) is 2. The van der Waals surface area contributed by atoms with Crippen LogP contribution in [-0.4, -0.2) is 30.0 Å². The number of aryl methyl sites for hydroxylation is 1. The van der Waals surface area contributed by atoms with Crippen LogP contribution in [0, 0.1) is 18.3 Å². The molecule has 3 rings (SSSR count). The maximum absolute atomic E-state index is 12.8. The van der Waals surface area contributed by atoms with Crippen molar-refractivity contribution in [3.05, 3.63) is 70.8 Å². The Morgan fingerprint density at radius 2 is 2.00 bits per heavy atom. The van der Waals surface area contributed by atoms with Gasteiger partial charge in [-0.2, -0.15) is 5.26 Å². The Morgan fingerprint density at radius 3 is 2.74 bits per heavy atom. The van der Waals surface area contributed by atoms with Gasteiger partial charge in [0.1, 0.15) is 0 Å². The van der Waals surface area contributed by atoms with Gasteiger partial charge in [0, 0.05) is 6.54 Å². The van der Waals surface area contributed by atoms with Gasteiger partial charge in [0.15, 0.2) is 0 Å². The van der Waals surface area contributed by atoms with Crippen molar-refractivity contribution in [3.8, 4) is 6.07 Å². The van der Waals surface area contributed by atoms with Crippen LogP contribution >= 0.6 is 0 Å². The zero-order chi connectivity index (χ0) is 19.1. The predicted molar refractivity (Wildman–Crippen MR) is 105 cm³/mol. The van der Waals surface area contributed by atoms with Crippen LogP contribution in [0.3, 0.4) is 0 Å². The van der Waals surface area contributed by atoms with Gasteiger partial charge in [-0.1, -0.05) is 42.0 Å². The van der Waals surface area contributed by atoms with E-state index in [-0.39, 0.29) is 11.9 Å². The molecule has 0 saturated carbocycles. The van der Waals surface area contributed by atoms with Gasteiger partial charge in [0.05, 0.1) is 37.3 Å². The molecule has 0 N–H and O–H groups in total. The third kappa shape index (κ3) is 5.42. The fourth-order valence-electron chi connectivity index (χ4n) is 3.59. The summed E-state index contributed by atoms with van der Waals surface area (Å²) in [5, 5.41) is 8.86. The zero-order valence-corrected chi connectivity index (χ0v) is 15.9. The number of nitriles is 1. The van der Waals surface area contributed by atoms with Crippen LogP contribution in [0.4, 0.5) is 0 Å². The smallest absolute Gasteiger partial charge is 0.227 e. The van der Waals surface area contributed by atoms with Crippen molar-refractivity contribution in [2.45, 2.75) is 45.3 Å². The molecular weight excluding hydrogens is 336 g/mol. The van der Waals surface area contributed by atoms with Crippen molar-refractivity contribution in [1.82, 2.24) is 4.90 Å². The summed E-state index contributed by atoms with van der Waals surface area (Å²) >= 11 is 0. The van der Waals surface area contributed by atoms with E-state index < -0.39 is 0 Å². The van der Waals surface area contributed by atoms with Gasteiger partial charge in [-0.15, -0.1) is 0 Å². The van der Waals surface area contributed by atoms with E-state index in [9.17, 15) is 4.79 Å². The number of carbonyl (C=O) groups excluding carboxylic acids is 1. The van der Waals surface area contributed by atoms with E-state index in [0.29, 0.717) is 25.2 Å². The summed E-state index contributed by atoms with van der Waals surface area (Å²) in [4.78, 5) is 14.8. The van der Waals surface area contributed by atoms with Crippen molar-refractivity contribution in [3.63, 3.8) is 0 Å². The SMILES string of the molecule is Cc1cccc(CC(=O)N2CCCCC2COCc2ccc(C#N)cc2)c1. The van der Waals surface area contributed by atoms with E-state index in [1.54, 1.807) is 12.1 Å². The summed E-state index contributed by atoms with van der Waals surface area (Å²) in [5.41, 5.74) is 3.95. The lowest BCUT2D eigenvalue weighted by Crippen LogP contribution is -2.46. The minimum Gasteiger partial charge on any atom is -0.375 e. The molecule has 1 amide bonds. The van der Waals surface area contributed by atoms with Crippen molar-refractivity contribution < 1.29 is 9.53 Å². The second-order valence-corrected chi connectivity index (χ2v) is 7.23. The quantitative estimate of drug-likeness (QED) is 0.780. The molecule has 1 aliphatic heterocycles. The highest BCUT2D eigenvalue weighted by molar-refractivity contribution is 5.79. The fraction of sp³-hybridized carbons (Fsp3) is 0.391. The van der Waals surface area contributed by atoms with Gasteiger partial charge in [-0.05, 0) is 49.4 Å². The van der Waals surface area contributed by atoms with E-state index in [1.165, 1.54) is 5.56 Å². The van der Waals surface area contributed by atoms with Gasteiger partial charge < -0.3 is 9.64 Å². The van der Waals surface area contributed by atoms with E-state index in [4.69, 9.17) is 10.00 Å². The number of piperidine rings is 1. The van der Waals surface area contributed by atoms with Gasteiger partial charge >= 0.3 is 0 Å². The molecule has 1 fully saturated rings. The first-order valence-corrected chi connectivity index (χ1v) is 9.57. The third-order valence-corrected chi connectivity index (χ3v) is 5.05. The number of hydrogen-bond acceptors (Lipinski definition) is 3. The third-order valence-electron chi connectivity index (χ3n) is 5.05. The summed E-state index contributed by atoms with van der Waals surface area (Å²) in [6.45, 7) is 3.92. The summed E-state index contributed by atoms with van der Waals surface area (Å²) in [7, 11) is 0. The summed E-state index contributed by atoms with van der Waals surface area (Å²) in [5.74, 6) is 0.187. The first kappa shape index (κ1) is 19.1. The number of ether oxygens (including phenoxy) is 1. The molecule has 0 aromatic heterocycles. The molecule has 1 heterocycles. The largest absolute Gasteiger partial charge is 0.375 e. The van der Waals surface area contributed by atoms with Crippen LogP contribution < -0.4 is 0 Å². The molecule has 27 heavy (non-hydrogen) atoms. The van der Waals surface area contributed by atoms with E-state index in [0.717, 1.165) is 36.9 Å². The highest BCUT2D eigenvalue weighted by Crippen LogP contribution is 2.19. The Hall–Kier alpha value is -2.64. The van der Waals surface area contributed by atoms with Crippen LogP contribution in [0.1, 0.15) is 41.5 Å². The lowest BCUT2D eigenvalue weighted by Gasteiger charge is -2.35. The van der Waals surface area contributed by atoms with Crippen LogP contribution in [0.15, 0.2) is 48.5 Å². The van der Waals surface area contributed by atoms with E-state index >= 15 is 0 Å². The Bertz CT molecular complexity index is 808. The second kappa shape index (κ2) is 9.34. The average molecular weight is 362 g/mol. The Balaban J connectivity index is 1.54. The van der Waals surface area contributed by atoms with Crippen molar-refractivity contribution in [2.75, 3.05) is 13.2 Å². The lowest BCUT2D eigenvalue weighted by molar-refractivity contribution is -0.135. The number of rotatable bonds is 6. The molecule has 140 valence electrons. The lowest BCUT2D eigenvalue weighted by atomic mass is 10.0. The second-order valence-electron chi connectivity index (χ2n) is 7.23. The average Bonchev–Trinajstić information content (AvgIpc) is 2.69. The molecule has 4 heteroatoms. The van der Waals surface area contributed by atoms with Crippen molar-refractivity contribution in [1.29, 1.82) is 5.26 Å². The molecule has 0 bridgehead atoms. The van der Waals surface area contributed by atoms with Gasteiger partial charge in [-0.25, -0.2) is 0 Å². The van der Waals surface area contributed by atoms with Crippen LogP contribution in [0.2, 0.25) is 0 Å². The Labute approximate surface area is 161 Å². The molecule has 2 aromatic carbocycles. The van der Waals surface area contributed by atoms with Crippen LogP contribution in [0.5, 0.6) is 0 Å². The van der Waals surface area contributed by atoms with Gasteiger partial charge in [0.25, 0.3) is 0 Å². The maximum atomic E-state index is 12.8. The molecule has 2 aromatic rings. The zero-order valence-electron chi connectivity index (χ0n) is 15.9. The first-order valence-electron chi connectivity index (χ1n) is 9.57. The molecule has 4 nitrogen and oxygen atoms in total. The molecule has 1 saturated heterocycles. The Morgan fingerprint density at radius 1 is 1.19 bits per heavy atom. The number of carbonyl (C=O) groups is 1. The Kier molecular flexibility index (Phi) is 6.62. The van der Waals surface area contributed by atoms with Crippen LogP contribution in [0.25, 0.3) is 0 Å². The molecule has 0 spiro atoms. The summed E-state index contributed by atoms with van der Waals surface area (Å²) in [6.07, 6.45) is 3.64. The number of likely N-dealkylation sites (tertiary alicyclic amines) is 1. The highest BCUT2D eigenvalue weighted by atomic mass is 16.5. The van der Waals surface area contributed by atoms with Gasteiger partial charge in [-0.3, -0.25) is 4.79 Å². The molecule has 1 aliphatic rings. The number of amides is 1. The molecular formula is C23H26N2O2. The predicted octanol–water partition coefficient (Wildman–Crippen LogP) is 4.01. The minimum atomic E-state index is 0.148. The van der Waals surface area contributed by atoms with E-state index in [2.05, 4.69) is 25.1 Å². The first-order chi connectivity index (χ1) is 13.2. The van der Waals surface area contributed by atoms with Crippen molar-refractivity contribution >= 4 is 5.91 Å². The molecule has 1 atom stereocenters. The normalized spacial score (nSPS) is 16.7. The monoisotopic (exact) mass is 362 g/mol.